The van der Waals surface area contributed by atoms with Crippen LogP contribution in [0.15, 0.2) is 51.7 Å². The Balaban J connectivity index is 1.47. The quantitative estimate of drug-likeness (QED) is 0.179. The van der Waals surface area contributed by atoms with Gasteiger partial charge in [0, 0.05) is 23.8 Å². The third kappa shape index (κ3) is 5.68. The predicted octanol–water partition coefficient (Wildman–Crippen LogP) is -0.795. The Morgan fingerprint density at radius 3 is 2.21 bits per heavy atom. The molecule has 0 aliphatic carbocycles. The minimum atomic E-state index is -1.75. The summed E-state index contributed by atoms with van der Waals surface area (Å²) in [5.74, 6) is 0.197. The van der Waals surface area contributed by atoms with E-state index in [1.165, 1.54) is 26.2 Å². The highest BCUT2D eigenvalue weighted by molar-refractivity contribution is 5.86. The van der Waals surface area contributed by atoms with Crippen molar-refractivity contribution in [3.05, 3.63) is 52.7 Å². The maximum atomic E-state index is 12.9. The number of aliphatic hydroxyl groups is 6. The fraction of sp³-hybridized carbons (Fsp3) is 0.464. The lowest BCUT2D eigenvalue weighted by atomic mass is 9.97. The number of aromatic hydroxyl groups is 1. The van der Waals surface area contributed by atoms with Crippen molar-refractivity contribution in [3.8, 4) is 28.6 Å². The molecule has 0 spiro atoms. The summed E-state index contributed by atoms with van der Waals surface area (Å²) in [4.78, 5) is 12.9. The lowest BCUT2D eigenvalue weighted by Gasteiger charge is -2.45. The fourth-order valence-corrected chi connectivity index (χ4v) is 4.92. The van der Waals surface area contributed by atoms with Crippen LogP contribution in [0.1, 0.15) is 6.92 Å². The molecule has 3 heterocycles. The number of benzene rings is 2. The number of aliphatic hydroxyl groups excluding tert-OH is 6. The summed E-state index contributed by atoms with van der Waals surface area (Å²) >= 11 is 0. The Bertz CT molecular complexity index is 1440. The summed E-state index contributed by atoms with van der Waals surface area (Å²) in [5, 5.41) is 72.1. The fourth-order valence-electron chi connectivity index (χ4n) is 4.92. The van der Waals surface area contributed by atoms with Crippen LogP contribution in [-0.2, 0) is 14.2 Å². The Kier molecular flexibility index (Phi) is 8.71. The molecule has 5 rings (SSSR count). The van der Waals surface area contributed by atoms with Crippen molar-refractivity contribution >= 4 is 11.0 Å². The van der Waals surface area contributed by atoms with Gasteiger partial charge in [0.1, 0.15) is 70.6 Å². The zero-order valence-corrected chi connectivity index (χ0v) is 22.5. The highest BCUT2D eigenvalue weighted by Gasteiger charge is 2.50. The molecule has 0 saturated carbocycles. The van der Waals surface area contributed by atoms with Crippen molar-refractivity contribution in [3.63, 3.8) is 0 Å². The molecule has 1 aromatic heterocycles. The second-order valence-corrected chi connectivity index (χ2v) is 10.1. The number of hydrogen-bond donors (Lipinski definition) is 7. The molecule has 7 N–H and O–H groups in total. The Labute approximate surface area is 238 Å². The molecular formula is C28H32O14. The normalized spacial score (nSPS) is 33.4. The third-order valence-corrected chi connectivity index (χ3v) is 7.33. The topological polar surface area (TPSA) is 218 Å². The van der Waals surface area contributed by atoms with Gasteiger partial charge in [-0.3, -0.25) is 4.79 Å². The Morgan fingerprint density at radius 2 is 1.55 bits per heavy atom. The minimum Gasteiger partial charge on any atom is -0.507 e. The van der Waals surface area contributed by atoms with E-state index in [0.29, 0.717) is 11.3 Å². The monoisotopic (exact) mass is 592 g/mol. The predicted molar refractivity (Wildman–Crippen MR) is 142 cm³/mol. The molecular weight excluding hydrogens is 560 g/mol. The van der Waals surface area contributed by atoms with E-state index in [9.17, 15) is 40.5 Å². The van der Waals surface area contributed by atoms with Crippen molar-refractivity contribution in [2.45, 2.75) is 68.3 Å². The maximum Gasteiger partial charge on any atom is 0.229 e. The van der Waals surface area contributed by atoms with E-state index in [-0.39, 0.29) is 22.5 Å². The molecule has 2 fully saturated rings. The van der Waals surface area contributed by atoms with Crippen molar-refractivity contribution in [1.29, 1.82) is 0 Å². The van der Waals surface area contributed by atoms with Gasteiger partial charge in [0.15, 0.2) is 17.8 Å². The van der Waals surface area contributed by atoms with E-state index in [0.717, 1.165) is 6.07 Å². The van der Waals surface area contributed by atoms with Gasteiger partial charge in [-0.05, 0) is 31.2 Å². The first-order valence-corrected chi connectivity index (χ1v) is 13.1. The van der Waals surface area contributed by atoms with Gasteiger partial charge in [0.25, 0.3) is 0 Å². The summed E-state index contributed by atoms with van der Waals surface area (Å²) in [6, 6.07) is 10.4. The van der Waals surface area contributed by atoms with Crippen LogP contribution in [0.25, 0.3) is 22.3 Å². The summed E-state index contributed by atoms with van der Waals surface area (Å²) in [7, 11) is 1.52. The average Bonchev–Trinajstić information content (AvgIpc) is 2.97. The van der Waals surface area contributed by atoms with Gasteiger partial charge >= 0.3 is 0 Å². The van der Waals surface area contributed by atoms with Gasteiger partial charge < -0.3 is 63.8 Å². The molecule has 10 atom stereocenters. The smallest absolute Gasteiger partial charge is 0.229 e. The molecule has 0 amide bonds. The van der Waals surface area contributed by atoms with Crippen molar-refractivity contribution in [2.24, 2.45) is 0 Å². The molecule has 42 heavy (non-hydrogen) atoms. The molecule has 2 aromatic carbocycles. The molecule has 14 heteroatoms. The van der Waals surface area contributed by atoms with E-state index < -0.39 is 79.2 Å². The molecule has 0 radical (unpaired) electrons. The van der Waals surface area contributed by atoms with Gasteiger partial charge in [0.05, 0.1) is 19.8 Å². The number of rotatable bonds is 7. The molecule has 2 aliphatic rings. The molecule has 0 bridgehead atoms. The number of ether oxygens (including phenoxy) is 5. The average molecular weight is 593 g/mol. The number of methoxy groups -OCH3 is 1. The lowest BCUT2D eigenvalue weighted by Crippen LogP contribution is -2.64. The van der Waals surface area contributed by atoms with E-state index in [1.807, 2.05) is 0 Å². The van der Waals surface area contributed by atoms with E-state index in [1.54, 1.807) is 24.3 Å². The van der Waals surface area contributed by atoms with Crippen LogP contribution in [-0.4, -0.2) is 111 Å². The van der Waals surface area contributed by atoms with Gasteiger partial charge in [-0.25, -0.2) is 0 Å². The summed E-state index contributed by atoms with van der Waals surface area (Å²) in [6.45, 7) is 0.721. The first-order valence-electron chi connectivity index (χ1n) is 13.1. The molecule has 3 aromatic rings. The van der Waals surface area contributed by atoms with E-state index >= 15 is 0 Å². The van der Waals surface area contributed by atoms with Gasteiger partial charge in [0.2, 0.25) is 6.29 Å². The van der Waals surface area contributed by atoms with Crippen molar-refractivity contribution < 1.29 is 63.8 Å². The maximum absolute atomic E-state index is 12.9. The molecule has 14 nitrogen and oxygen atoms in total. The Hall–Kier alpha value is -3.31. The van der Waals surface area contributed by atoms with Crippen molar-refractivity contribution in [2.75, 3.05) is 13.7 Å². The highest BCUT2D eigenvalue weighted by Crippen LogP contribution is 2.35. The van der Waals surface area contributed by atoms with Gasteiger partial charge in [-0.15, -0.1) is 0 Å². The van der Waals surface area contributed by atoms with Crippen LogP contribution >= 0.6 is 0 Å². The van der Waals surface area contributed by atoms with Gasteiger partial charge in [-0.2, -0.15) is 0 Å². The minimum absolute atomic E-state index is 0.0483. The van der Waals surface area contributed by atoms with Crippen LogP contribution < -0.4 is 14.9 Å². The molecule has 2 saturated heterocycles. The van der Waals surface area contributed by atoms with Gasteiger partial charge in [-0.1, -0.05) is 0 Å². The first kappa shape index (κ1) is 30.2. The SMILES string of the molecule is COc1ccc(-c2cc(=O)c3c(O)cc(O[C@@H]4OC(CO)[C@@H](O)[C@H](O)C4O[C@@H]4OC(C)[C@H](O)[C@H](O)C4O)cc3o2)cc1. The Morgan fingerprint density at radius 1 is 0.833 bits per heavy atom. The number of phenols is 1. The summed E-state index contributed by atoms with van der Waals surface area (Å²) < 4.78 is 33.7. The van der Waals surface area contributed by atoms with Crippen LogP contribution in [0.4, 0.5) is 0 Å². The third-order valence-electron chi connectivity index (χ3n) is 7.33. The molecule has 2 aliphatic heterocycles. The molecule has 4 unspecified atom stereocenters. The lowest BCUT2D eigenvalue weighted by molar-refractivity contribution is -0.354. The summed E-state index contributed by atoms with van der Waals surface area (Å²) in [5.41, 5.74) is -0.0218. The second kappa shape index (κ2) is 12.1. The zero-order chi connectivity index (χ0) is 30.3. The van der Waals surface area contributed by atoms with Crippen LogP contribution in [0.2, 0.25) is 0 Å². The number of phenolic OH excluding ortho intramolecular Hbond substituents is 1. The first-order chi connectivity index (χ1) is 20.0. The highest BCUT2D eigenvalue weighted by atomic mass is 16.8. The number of hydrogen-bond acceptors (Lipinski definition) is 14. The second-order valence-electron chi connectivity index (χ2n) is 10.1. The van der Waals surface area contributed by atoms with E-state index in [4.69, 9.17) is 28.1 Å². The number of fused-ring (bicyclic) bond motifs is 1. The zero-order valence-electron chi connectivity index (χ0n) is 22.5. The van der Waals surface area contributed by atoms with Crippen molar-refractivity contribution in [1.82, 2.24) is 0 Å². The van der Waals surface area contributed by atoms with Crippen LogP contribution in [0, 0.1) is 0 Å². The largest absolute Gasteiger partial charge is 0.507 e. The van der Waals surface area contributed by atoms with Crippen LogP contribution in [0.3, 0.4) is 0 Å². The van der Waals surface area contributed by atoms with Crippen LogP contribution in [0.5, 0.6) is 17.2 Å². The van der Waals surface area contributed by atoms with E-state index in [2.05, 4.69) is 0 Å². The molecule has 228 valence electrons. The standard InChI is InChI=1S/C28H32O14/c1-11-21(32)23(34)25(36)27(38-11)42-26-24(35)22(33)19(10-29)41-28(26)39-14-7-15(30)20-16(31)9-17(40-18(20)8-14)12-3-5-13(37-2)6-4-12/h3-9,11,19,21-30,32-36H,10H2,1-2H3/t11?,19?,21-,22+,23-,24-,25?,26?,27-,28+/m0/s1. The summed E-state index contributed by atoms with van der Waals surface area (Å²) in [6.07, 6.45) is -15.2.